The van der Waals surface area contributed by atoms with E-state index in [9.17, 15) is 13.6 Å². The molecule has 0 aliphatic carbocycles. The summed E-state index contributed by atoms with van der Waals surface area (Å²) in [7, 11) is 0. The molecule has 1 fully saturated rings. The summed E-state index contributed by atoms with van der Waals surface area (Å²) in [5.41, 5.74) is 5.21. The number of allylic oxidation sites excluding steroid dienone is 2. The van der Waals surface area contributed by atoms with Gasteiger partial charge in [-0.2, -0.15) is 0 Å². The molecule has 4 nitrogen and oxygen atoms in total. The van der Waals surface area contributed by atoms with Crippen molar-refractivity contribution in [2.45, 2.75) is 12.5 Å². The minimum absolute atomic E-state index is 0.0873. The van der Waals surface area contributed by atoms with Gasteiger partial charge in [0.15, 0.2) is 0 Å². The standard InChI is InChI=1S/C37H37F2N3O/c38-33-19-15-31(16-20-33)37(32-17-21-34(39)22-18-32)42-25-8-24-41(27-28-42)26-23-40-36(43)14-7-13-35(29-9-3-1-4-10-29)30-11-5-2-6-12-30/h1-7,9-22,37H,8,23-28H2,(H,40,43). The van der Waals surface area contributed by atoms with Crippen molar-refractivity contribution >= 4 is 11.5 Å². The Morgan fingerprint density at radius 2 is 1.28 bits per heavy atom. The third-order valence-electron chi connectivity index (χ3n) is 7.77. The Morgan fingerprint density at radius 3 is 1.84 bits per heavy atom. The molecule has 6 heteroatoms. The van der Waals surface area contributed by atoms with E-state index in [4.69, 9.17) is 0 Å². The van der Waals surface area contributed by atoms with Crippen LogP contribution < -0.4 is 5.32 Å². The first kappa shape index (κ1) is 30.1. The van der Waals surface area contributed by atoms with E-state index in [0.717, 1.165) is 67.0 Å². The van der Waals surface area contributed by atoms with Crippen LogP contribution in [0.25, 0.3) is 5.57 Å². The molecule has 0 saturated carbocycles. The van der Waals surface area contributed by atoms with Crippen LogP contribution >= 0.6 is 0 Å². The first-order valence-corrected chi connectivity index (χ1v) is 14.8. The van der Waals surface area contributed by atoms with Gasteiger partial charge in [0.2, 0.25) is 5.91 Å². The molecule has 1 aliphatic heterocycles. The lowest BCUT2D eigenvalue weighted by atomic mass is 9.96. The maximum absolute atomic E-state index is 13.7. The Kier molecular flexibility index (Phi) is 10.6. The summed E-state index contributed by atoms with van der Waals surface area (Å²) in [6, 6.07) is 33.4. The van der Waals surface area contributed by atoms with Gasteiger partial charge in [0.25, 0.3) is 0 Å². The first-order chi connectivity index (χ1) is 21.1. The van der Waals surface area contributed by atoms with Gasteiger partial charge in [-0.05, 0) is 65.1 Å². The Morgan fingerprint density at radius 1 is 0.721 bits per heavy atom. The normalized spacial score (nSPS) is 14.5. The predicted molar refractivity (Wildman–Crippen MR) is 169 cm³/mol. The van der Waals surface area contributed by atoms with Crippen LogP contribution in [0.1, 0.15) is 34.7 Å². The molecule has 4 aromatic carbocycles. The summed E-state index contributed by atoms with van der Waals surface area (Å²) in [4.78, 5) is 17.3. The molecule has 1 heterocycles. The van der Waals surface area contributed by atoms with Crippen LogP contribution in [0.5, 0.6) is 0 Å². The lowest BCUT2D eigenvalue weighted by Gasteiger charge is -2.31. The molecule has 0 radical (unpaired) electrons. The lowest BCUT2D eigenvalue weighted by molar-refractivity contribution is -0.116. The Bertz CT molecular complexity index is 1420. The van der Waals surface area contributed by atoms with E-state index in [1.807, 2.05) is 66.7 Å². The largest absolute Gasteiger partial charge is 0.351 e. The van der Waals surface area contributed by atoms with Gasteiger partial charge in [-0.1, -0.05) is 97.1 Å². The molecule has 0 atom stereocenters. The van der Waals surface area contributed by atoms with Crippen LogP contribution in [-0.4, -0.2) is 55.0 Å². The molecule has 1 aliphatic rings. The molecular weight excluding hydrogens is 540 g/mol. The summed E-state index contributed by atoms with van der Waals surface area (Å²) in [6.07, 6.45) is 6.32. The van der Waals surface area contributed by atoms with Crippen molar-refractivity contribution in [1.29, 1.82) is 0 Å². The highest BCUT2D eigenvalue weighted by Crippen LogP contribution is 2.30. The second-order valence-corrected chi connectivity index (χ2v) is 10.7. The molecule has 4 aromatic rings. The van der Waals surface area contributed by atoms with Crippen molar-refractivity contribution in [2.24, 2.45) is 0 Å². The minimum Gasteiger partial charge on any atom is -0.351 e. The maximum atomic E-state index is 13.7. The van der Waals surface area contributed by atoms with Gasteiger partial charge >= 0.3 is 0 Å². The third kappa shape index (κ3) is 8.57. The Hall–Kier alpha value is -4.39. The van der Waals surface area contributed by atoms with Crippen molar-refractivity contribution in [1.82, 2.24) is 15.1 Å². The van der Waals surface area contributed by atoms with E-state index in [2.05, 4.69) is 39.4 Å². The van der Waals surface area contributed by atoms with Gasteiger partial charge in [0, 0.05) is 38.8 Å². The van der Waals surface area contributed by atoms with Gasteiger partial charge < -0.3 is 10.2 Å². The summed E-state index contributed by atoms with van der Waals surface area (Å²) in [5.74, 6) is -0.672. The zero-order valence-electron chi connectivity index (χ0n) is 24.2. The third-order valence-corrected chi connectivity index (χ3v) is 7.77. The number of carbonyl (C=O) groups is 1. The first-order valence-electron chi connectivity index (χ1n) is 14.8. The average molecular weight is 578 g/mol. The molecule has 220 valence electrons. The van der Waals surface area contributed by atoms with Crippen LogP contribution in [-0.2, 0) is 4.79 Å². The monoisotopic (exact) mass is 577 g/mol. The minimum atomic E-state index is -0.274. The number of benzene rings is 4. The van der Waals surface area contributed by atoms with Crippen LogP contribution in [0.15, 0.2) is 127 Å². The number of hydrogen-bond donors (Lipinski definition) is 1. The van der Waals surface area contributed by atoms with E-state index in [-0.39, 0.29) is 23.6 Å². The van der Waals surface area contributed by atoms with Crippen molar-refractivity contribution in [3.05, 3.63) is 161 Å². The van der Waals surface area contributed by atoms with Crippen LogP contribution in [0.3, 0.4) is 0 Å². The smallest absolute Gasteiger partial charge is 0.244 e. The highest BCUT2D eigenvalue weighted by Gasteiger charge is 2.25. The second-order valence-electron chi connectivity index (χ2n) is 10.7. The summed E-state index contributed by atoms with van der Waals surface area (Å²) < 4.78 is 27.4. The maximum Gasteiger partial charge on any atom is 0.244 e. The average Bonchev–Trinajstić information content (AvgIpc) is 3.28. The number of amides is 1. The zero-order valence-corrected chi connectivity index (χ0v) is 24.2. The van der Waals surface area contributed by atoms with Crippen molar-refractivity contribution in [3.63, 3.8) is 0 Å². The van der Waals surface area contributed by atoms with E-state index in [1.54, 1.807) is 12.2 Å². The topological polar surface area (TPSA) is 35.6 Å². The number of nitrogens with one attached hydrogen (secondary N) is 1. The fourth-order valence-electron chi connectivity index (χ4n) is 5.60. The van der Waals surface area contributed by atoms with Crippen LogP contribution in [0.2, 0.25) is 0 Å². The van der Waals surface area contributed by atoms with E-state index < -0.39 is 0 Å². The summed E-state index contributed by atoms with van der Waals surface area (Å²) >= 11 is 0. The second kappa shape index (κ2) is 15.2. The summed E-state index contributed by atoms with van der Waals surface area (Å²) in [5, 5.41) is 3.02. The number of nitrogens with zero attached hydrogens (tertiary/aromatic N) is 2. The Labute approximate surface area is 253 Å². The fourth-order valence-corrected chi connectivity index (χ4v) is 5.60. The van der Waals surface area contributed by atoms with Gasteiger partial charge in [0.1, 0.15) is 11.6 Å². The molecular formula is C37H37F2N3O. The van der Waals surface area contributed by atoms with E-state index in [0.29, 0.717) is 6.54 Å². The molecule has 1 N–H and O–H groups in total. The number of carbonyl (C=O) groups excluding carboxylic acids is 1. The molecule has 0 aromatic heterocycles. The predicted octanol–water partition coefficient (Wildman–Crippen LogP) is 6.87. The Balaban J connectivity index is 1.16. The molecule has 1 saturated heterocycles. The highest BCUT2D eigenvalue weighted by molar-refractivity contribution is 5.89. The number of hydrogen-bond acceptors (Lipinski definition) is 3. The van der Waals surface area contributed by atoms with Crippen LogP contribution in [0.4, 0.5) is 8.78 Å². The molecule has 0 unspecified atom stereocenters. The molecule has 0 bridgehead atoms. The highest BCUT2D eigenvalue weighted by atomic mass is 19.1. The molecule has 1 amide bonds. The van der Waals surface area contributed by atoms with Gasteiger partial charge in [-0.3, -0.25) is 9.69 Å². The van der Waals surface area contributed by atoms with Crippen molar-refractivity contribution in [2.75, 3.05) is 39.3 Å². The molecule has 0 spiro atoms. The SMILES string of the molecule is O=C(C=CC=C(c1ccccc1)c1ccccc1)NCCN1CCCN(C(c2ccc(F)cc2)c2ccc(F)cc2)CC1. The fraction of sp³-hybridized carbons (Fsp3) is 0.216. The van der Waals surface area contributed by atoms with Gasteiger partial charge in [-0.25, -0.2) is 8.78 Å². The quantitative estimate of drug-likeness (QED) is 0.165. The van der Waals surface area contributed by atoms with Gasteiger partial charge in [-0.15, -0.1) is 0 Å². The van der Waals surface area contributed by atoms with E-state index in [1.165, 1.54) is 24.3 Å². The van der Waals surface area contributed by atoms with Crippen molar-refractivity contribution in [3.8, 4) is 0 Å². The number of rotatable bonds is 10. The van der Waals surface area contributed by atoms with Crippen LogP contribution in [0, 0.1) is 11.6 Å². The lowest BCUT2D eigenvalue weighted by Crippen LogP contribution is -2.37. The van der Waals surface area contributed by atoms with Gasteiger partial charge in [0.05, 0.1) is 6.04 Å². The number of halogens is 2. The zero-order chi connectivity index (χ0) is 29.9. The van der Waals surface area contributed by atoms with E-state index >= 15 is 0 Å². The molecule has 5 rings (SSSR count). The molecule has 43 heavy (non-hydrogen) atoms. The van der Waals surface area contributed by atoms with Crippen molar-refractivity contribution < 1.29 is 13.6 Å². The summed E-state index contributed by atoms with van der Waals surface area (Å²) in [6.45, 7) is 4.73.